The molecule has 0 saturated heterocycles. The van der Waals surface area contributed by atoms with Gasteiger partial charge in [-0.1, -0.05) is 26.7 Å². The van der Waals surface area contributed by atoms with Gasteiger partial charge in [-0.15, -0.1) is 0 Å². The van der Waals surface area contributed by atoms with Gasteiger partial charge in [-0.2, -0.15) is 0 Å². The minimum Gasteiger partial charge on any atom is -0.304 e. The Labute approximate surface area is 71.8 Å². The molecule has 68 valence electrons. The molecule has 0 radical (unpaired) electrons. The Morgan fingerprint density at radius 3 is 1.55 bits per heavy atom. The molecule has 0 aromatic heterocycles. The van der Waals surface area contributed by atoms with Crippen molar-refractivity contribution in [3.63, 3.8) is 0 Å². The van der Waals surface area contributed by atoms with E-state index in [2.05, 4.69) is 25.9 Å². The second kappa shape index (κ2) is 4.76. The topological polar surface area (TPSA) is 3.24 Å². The summed E-state index contributed by atoms with van der Waals surface area (Å²) in [5.41, 5.74) is 0.528. The molecule has 0 heterocycles. The van der Waals surface area contributed by atoms with Crippen LogP contribution < -0.4 is 0 Å². The van der Waals surface area contributed by atoms with Crippen molar-refractivity contribution in [3.8, 4) is 0 Å². The van der Waals surface area contributed by atoms with Gasteiger partial charge >= 0.3 is 0 Å². The van der Waals surface area contributed by atoms with Gasteiger partial charge in [0.15, 0.2) is 0 Å². The van der Waals surface area contributed by atoms with Crippen LogP contribution in [-0.4, -0.2) is 24.5 Å². The minimum atomic E-state index is 0.528. The largest absolute Gasteiger partial charge is 0.304 e. The number of hydrogen-bond donors (Lipinski definition) is 0. The van der Waals surface area contributed by atoms with Gasteiger partial charge in [-0.05, 0) is 33.9 Å². The van der Waals surface area contributed by atoms with Gasteiger partial charge in [-0.3, -0.25) is 0 Å². The summed E-state index contributed by atoms with van der Waals surface area (Å²) < 4.78 is 0. The Balaban J connectivity index is 0.000000461. The van der Waals surface area contributed by atoms with Crippen LogP contribution in [0, 0.1) is 0 Å². The number of nitrogens with zero attached hydrogens (tertiary/aromatic N) is 1. The van der Waals surface area contributed by atoms with Gasteiger partial charge in [0.1, 0.15) is 0 Å². The van der Waals surface area contributed by atoms with Crippen LogP contribution in [0.15, 0.2) is 0 Å². The number of hydrogen-bond acceptors (Lipinski definition) is 1. The van der Waals surface area contributed by atoms with Crippen molar-refractivity contribution in [2.24, 2.45) is 0 Å². The maximum atomic E-state index is 2.36. The highest BCUT2D eigenvalue weighted by molar-refractivity contribution is 4.87. The quantitative estimate of drug-likeness (QED) is 0.565. The van der Waals surface area contributed by atoms with Crippen molar-refractivity contribution in [2.45, 2.75) is 52.0 Å². The fourth-order valence-electron chi connectivity index (χ4n) is 1.58. The Hall–Kier alpha value is -0.0400. The predicted octanol–water partition coefficient (Wildman–Crippen LogP) is 2.91. The van der Waals surface area contributed by atoms with Crippen LogP contribution >= 0.6 is 0 Å². The van der Waals surface area contributed by atoms with Gasteiger partial charge < -0.3 is 4.90 Å². The number of rotatable bonds is 1. The Bertz CT molecular complexity index is 91.0. The van der Waals surface area contributed by atoms with Crippen molar-refractivity contribution in [3.05, 3.63) is 0 Å². The van der Waals surface area contributed by atoms with E-state index in [0.717, 1.165) is 0 Å². The molecule has 1 aliphatic rings. The van der Waals surface area contributed by atoms with Gasteiger partial charge in [0.05, 0.1) is 0 Å². The Kier molecular flexibility index (Phi) is 4.74. The average Bonchev–Trinajstić information content (AvgIpc) is 2.42. The Morgan fingerprint density at radius 1 is 1.00 bits per heavy atom. The van der Waals surface area contributed by atoms with Gasteiger partial charge in [-0.25, -0.2) is 0 Å². The SMILES string of the molecule is CC.CN(C)C1(C)CCCC1. The third-order valence-corrected chi connectivity index (χ3v) is 2.76. The molecule has 1 rings (SSSR count). The molecular weight excluding hydrogens is 134 g/mol. The van der Waals surface area contributed by atoms with Crippen molar-refractivity contribution < 1.29 is 0 Å². The summed E-state index contributed by atoms with van der Waals surface area (Å²) in [6, 6.07) is 0. The Morgan fingerprint density at radius 2 is 1.36 bits per heavy atom. The maximum absolute atomic E-state index is 2.36. The molecule has 1 heteroatoms. The van der Waals surface area contributed by atoms with Crippen LogP contribution in [0.25, 0.3) is 0 Å². The molecular formula is C10H23N. The van der Waals surface area contributed by atoms with Crippen LogP contribution in [0.1, 0.15) is 46.5 Å². The molecule has 0 aromatic carbocycles. The van der Waals surface area contributed by atoms with E-state index in [1.54, 1.807) is 0 Å². The lowest BCUT2D eigenvalue weighted by Gasteiger charge is -2.31. The molecule has 0 bridgehead atoms. The molecule has 0 unspecified atom stereocenters. The predicted molar refractivity (Wildman–Crippen MR) is 51.9 cm³/mol. The summed E-state index contributed by atoms with van der Waals surface area (Å²) in [5, 5.41) is 0. The molecule has 0 aromatic rings. The van der Waals surface area contributed by atoms with Crippen LogP contribution in [0.5, 0.6) is 0 Å². The molecule has 0 atom stereocenters. The highest BCUT2D eigenvalue weighted by Gasteiger charge is 2.29. The van der Waals surface area contributed by atoms with Crippen LogP contribution in [0.4, 0.5) is 0 Å². The zero-order chi connectivity index (χ0) is 8.91. The van der Waals surface area contributed by atoms with E-state index in [9.17, 15) is 0 Å². The molecule has 11 heavy (non-hydrogen) atoms. The third-order valence-electron chi connectivity index (χ3n) is 2.76. The zero-order valence-corrected chi connectivity index (χ0v) is 8.78. The van der Waals surface area contributed by atoms with Gasteiger partial charge in [0.2, 0.25) is 0 Å². The van der Waals surface area contributed by atoms with Crippen LogP contribution in [-0.2, 0) is 0 Å². The van der Waals surface area contributed by atoms with Crippen molar-refractivity contribution in [1.82, 2.24) is 4.90 Å². The lowest BCUT2D eigenvalue weighted by Crippen LogP contribution is -2.37. The lowest BCUT2D eigenvalue weighted by atomic mass is 10.00. The smallest absolute Gasteiger partial charge is 0.0175 e. The van der Waals surface area contributed by atoms with Gasteiger partial charge in [0, 0.05) is 5.54 Å². The second-order valence-corrected chi connectivity index (χ2v) is 3.60. The second-order valence-electron chi connectivity index (χ2n) is 3.60. The average molecular weight is 157 g/mol. The summed E-state index contributed by atoms with van der Waals surface area (Å²) >= 11 is 0. The maximum Gasteiger partial charge on any atom is 0.0175 e. The van der Waals surface area contributed by atoms with Crippen molar-refractivity contribution in [1.29, 1.82) is 0 Å². The molecule has 1 saturated carbocycles. The first-order chi connectivity index (χ1) is 5.15. The van der Waals surface area contributed by atoms with Crippen LogP contribution in [0.2, 0.25) is 0 Å². The van der Waals surface area contributed by atoms with Crippen LogP contribution in [0.3, 0.4) is 0 Å². The molecule has 0 N–H and O–H groups in total. The van der Waals surface area contributed by atoms with Gasteiger partial charge in [0.25, 0.3) is 0 Å². The molecule has 1 aliphatic carbocycles. The summed E-state index contributed by atoms with van der Waals surface area (Å²) in [5.74, 6) is 0. The zero-order valence-electron chi connectivity index (χ0n) is 8.78. The highest BCUT2D eigenvalue weighted by Crippen LogP contribution is 2.32. The van der Waals surface area contributed by atoms with E-state index < -0.39 is 0 Å². The van der Waals surface area contributed by atoms with Crippen molar-refractivity contribution in [2.75, 3.05) is 14.1 Å². The standard InChI is InChI=1S/C8H17N.C2H6/c1-8(9(2)3)6-4-5-7-8;1-2/h4-7H2,1-3H3;1-2H3. The van der Waals surface area contributed by atoms with E-state index in [4.69, 9.17) is 0 Å². The van der Waals surface area contributed by atoms with E-state index in [1.807, 2.05) is 13.8 Å². The third kappa shape index (κ3) is 2.82. The molecule has 0 aliphatic heterocycles. The first-order valence-corrected chi connectivity index (χ1v) is 4.83. The normalized spacial score (nSPS) is 21.3. The highest BCUT2D eigenvalue weighted by atomic mass is 15.1. The molecule has 1 nitrogen and oxygen atoms in total. The fraction of sp³-hybridized carbons (Fsp3) is 1.00. The van der Waals surface area contributed by atoms with Crippen molar-refractivity contribution >= 4 is 0 Å². The summed E-state index contributed by atoms with van der Waals surface area (Å²) in [6.45, 7) is 6.36. The molecule has 0 amide bonds. The fourth-order valence-corrected chi connectivity index (χ4v) is 1.58. The van der Waals surface area contributed by atoms with E-state index in [0.29, 0.717) is 5.54 Å². The lowest BCUT2D eigenvalue weighted by molar-refractivity contribution is 0.180. The van der Waals surface area contributed by atoms with E-state index in [-0.39, 0.29) is 0 Å². The summed E-state index contributed by atoms with van der Waals surface area (Å²) in [7, 11) is 4.37. The summed E-state index contributed by atoms with van der Waals surface area (Å²) in [4.78, 5) is 2.36. The first kappa shape index (κ1) is 11.0. The summed E-state index contributed by atoms with van der Waals surface area (Å²) in [6.07, 6.45) is 5.63. The first-order valence-electron chi connectivity index (χ1n) is 4.83. The van der Waals surface area contributed by atoms with E-state index in [1.165, 1.54) is 25.7 Å². The minimum absolute atomic E-state index is 0.528. The monoisotopic (exact) mass is 157 g/mol. The van der Waals surface area contributed by atoms with E-state index >= 15 is 0 Å². The molecule has 0 spiro atoms. The molecule has 1 fully saturated rings.